The summed E-state index contributed by atoms with van der Waals surface area (Å²) < 4.78 is 16.3. The van der Waals surface area contributed by atoms with Gasteiger partial charge in [-0.05, 0) is 12.5 Å². The first kappa shape index (κ1) is 12.2. The highest BCUT2D eigenvalue weighted by Gasteiger charge is 2.17. The monoisotopic (exact) mass is 237 g/mol. The predicted molar refractivity (Wildman–Crippen MR) is 65.3 cm³/mol. The molecule has 1 atom stereocenters. The van der Waals surface area contributed by atoms with Gasteiger partial charge in [0.1, 0.15) is 11.5 Å². The van der Waals surface area contributed by atoms with Crippen molar-refractivity contribution in [2.45, 2.75) is 13.0 Å². The number of methoxy groups -OCH3 is 1. The van der Waals surface area contributed by atoms with Gasteiger partial charge in [0, 0.05) is 30.7 Å². The van der Waals surface area contributed by atoms with Crippen molar-refractivity contribution in [1.29, 1.82) is 0 Å². The normalized spacial score (nSPS) is 19.3. The average Bonchev–Trinajstić information content (AvgIpc) is 2.89. The molecule has 1 aliphatic rings. The van der Waals surface area contributed by atoms with Gasteiger partial charge < -0.3 is 19.9 Å². The minimum atomic E-state index is 0.473. The second-order valence-corrected chi connectivity index (χ2v) is 4.22. The van der Waals surface area contributed by atoms with Crippen LogP contribution in [0.5, 0.6) is 11.5 Å². The molecule has 0 radical (unpaired) electrons. The van der Waals surface area contributed by atoms with E-state index in [1.807, 2.05) is 18.2 Å². The van der Waals surface area contributed by atoms with Crippen molar-refractivity contribution in [2.75, 3.05) is 26.9 Å². The molecule has 4 nitrogen and oxygen atoms in total. The fourth-order valence-electron chi connectivity index (χ4n) is 1.89. The molecule has 4 heteroatoms. The summed E-state index contributed by atoms with van der Waals surface area (Å²) in [7, 11) is 1.64. The number of rotatable bonds is 5. The van der Waals surface area contributed by atoms with Crippen LogP contribution >= 0.6 is 0 Å². The lowest BCUT2D eigenvalue weighted by Crippen LogP contribution is -2.13. The Hall–Kier alpha value is -1.26. The fraction of sp³-hybridized carbons (Fsp3) is 0.538. The zero-order chi connectivity index (χ0) is 12.1. The van der Waals surface area contributed by atoms with Gasteiger partial charge in [-0.3, -0.25) is 0 Å². The number of ether oxygens (including phenoxy) is 3. The number of nitrogens with two attached hydrogens (primary N) is 1. The Morgan fingerprint density at radius 1 is 1.47 bits per heavy atom. The van der Waals surface area contributed by atoms with Crippen LogP contribution in [0.1, 0.15) is 12.0 Å². The van der Waals surface area contributed by atoms with Gasteiger partial charge in [-0.1, -0.05) is 6.07 Å². The highest BCUT2D eigenvalue weighted by atomic mass is 16.5. The minimum absolute atomic E-state index is 0.473. The van der Waals surface area contributed by atoms with Gasteiger partial charge in [0.25, 0.3) is 0 Å². The largest absolute Gasteiger partial charge is 0.497 e. The second kappa shape index (κ2) is 5.89. The maximum Gasteiger partial charge on any atom is 0.127 e. The van der Waals surface area contributed by atoms with Crippen molar-refractivity contribution in [3.05, 3.63) is 23.8 Å². The molecule has 0 saturated carbocycles. The molecule has 0 spiro atoms. The summed E-state index contributed by atoms with van der Waals surface area (Å²) >= 11 is 0. The SMILES string of the molecule is COc1ccc(CN)c(OCC2CCOC2)c1. The minimum Gasteiger partial charge on any atom is -0.497 e. The van der Waals surface area contributed by atoms with E-state index < -0.39 is 0 Å². The smallest absolute Gasteiger partial charge is 0.127 e. The summed E-state index contributed by atoms with van der Waals surface area (Å²) in [5.41, 5.74) is 6.68. The van der Waals surface area contributed by atoms with Gasteiger partial charge in [-0.25, -0.2) is 0 Å². The third kappa shape index (κ3) is 3.11. The second-order valence-electron chi connectivity index (χ2n) is 4.22. The Labute approximate surface area is 102 Å². The van der Waals surface area contributed by atoms with Crippen LogP contribution in [0.25, 0.3) is 0 Å². The highest BCUT2D eigenvalue weighted by Crippen LogP contribution is 2.25. The summed E-state index contributed by atoms with van der Waals surface area (Å²) in [6.07, 6.45) is 1.07. The third-order valence-electron chi connectivity index (χ3n) is 2.99. The molecule has 1 aromatic carbocycles. The maximum absolute atomic E-state index is 5.81. The molecule has 1 aromatic rings. The van der Waals surface area contributed by atoms with E-state index in [4.69, 9.17) is 19.9 Å². The van der Waals surface area contributed by atoms with E-state index in [0.29, 0.717) is 19.1 Å². The van der Waals surface area contributed by atoms with Gasteiger partial charge in [-0.2, -0.15) is 0 Å². The molecule has 1 unspecified atom stereocenters. The molecule has 17 heavy (non-hydrogen) atoms. The van der Waals surface area contributed by atoms with Crippen LogP contribution < -0.4 is 15.2 Å². The molecule has 0 aromatic heterocycles. The topological polar surface area (TPSA) is 53.7 Å². The molecular formula is C13H19NO3. The van der Waals surface area contributed by atoms with Crippen molar-refractivity contribution < 1.29 is 14.2 Å². The Balaban J connectivity index is 2.01. The van der Waals surface area contributed by atoms with Crippen LogP contribution in [0.15, 0.2) is 18.2 Å². The van der Waals surface area contributed by atoms with Crippen LogP contribution in [0.2, 0.25) is 0 Å². The zero-order valence-corrected chi connectivity index (χ0v) is 10.1. The quantitative estimate of drug-likeness (QED) is 0.844. The molecule has 1 heterocycles. The maximum atomic E-state index is 5.81. The van der Waals surface area contributed by atoms with Crippen molar-refractivity contribution in [3.8, 4) is 11.5 Å². The van der Waals surface area contributed by atoms with Crippen molar-refractivity contribution >= 4 is 0 Å². The van der Waals surface area contributed by atoms with Gasteiger partial charge in [0.15, 0.2) is 0 Å². The number of benzene rings is 1. The molecule has 2 rings (SSSR count). The van der Waals surface area contributed by atoms with Crippen molar-refractivity contribution in [1.82, 2.24) is 0 Å². The van der Waals surface area contributed by atoms with E-state index in [2.05, 4.69) is 0 Å². The molecular weight excluding hydrogens is 218 g/mol. The molecule has 1 saturated heterocycles. The Morgan fingerprint density at radius 3 is 3.00 bits per heavy atom. The van der Waals surface area contributed by atoms with Gasteiger partial charge in [0.2, 0.25) is 0 Å². The van der Waals surface area contributed by atoms with Crippen LogP contribution in [0, 0.1) is 5.92 Å². The average molecular weight is 237 g/mol. The number of hydrogen-bond donors (Lipinski definition) is 1. The fourth-order valence-corrected chi connectivity index (χ4v) is 1.89. The van der Waals surface area contributed by atoms with Gasteiger partial charge in [0.05, 0.1) is 20.3 Å². The highest BCUT2D eigenvalue weighted by molar-refractivity contribution is 5.40. The predicted octanol–water partition coefficient (Wildman–Crippen LogP) is 1.57. The van der Waals surface area contributed by atoms with Crippen molar-refractivity contribution in [3.63, 3.8) is 0 Å². The Bertz CT molecular complexity index is 362. The van der Waals surface area contributed by atoms with Crippen molar-refractivity contribution in [2.24, 2.45) is 11.7 Å². The standard InChI is InChI=1S/C13H19NO3/c1-15-12-3-2-11(7-14)13(6-12)17-9-10-4-5-16-8-10/h2-3,6,10H,4-5,7-9,14H2,1H3. The van der Waals surface area contributed by atoms with Gasteiger partial charge >= 0.3 is 0 Å². The van der Waals surface area contributed by atoms with Gasteiger partial charge in [-0.15, -0.1) is 0 Å². The zero-order valence-electron chi connectivity index (χ0n) is 10.1. The summed E-state index contributed by atoms with van der Waals surface area (Å²) in [6, 6.07) is 5.73. The molecule has 94 valence electrons. The van der Waals surface area contributed by atoms with Crippen LogP contribution in [0.4, 0.5) is 0 Å². The lowest BCUT2D eigenvalue weighted by molar-refractivity contribution is 0.166. The first-order chi connectivity index (χ1) is 8.33. The Morgan fingerprint density at radius 2 is 2.35 bits per heavy atom. The van der Waals surface area contributed by atoms with E-state index in [1.54, 1.807) is 7.11 Å². The lowest BCUT2D eigenvalue weighted by Gasteiger charge is -2.14. The van der Waals surface area contributed by atoms with E-state index in [0.717, 1.165) is 36.7 Å². The lowest BCUT2D eigenvalue weighted by atomic mass is 10.1. The molecule has 1 aliphatic heterocycles. The first-order valence-electron chi connectivity index (χ1n) is 5.91. The van der Waals surface area contributed by atoms with E-state index >= 15 is 0 Å². The van der Waals surface area contributed by atoms with E-state index in [-0.39, 0.29) is 0 Å². The molecule has 1 fully saturated rings. The first-order valence-corrected chi connectivity index (χ1v) is 5.91. The summed E-state index contributed by atoms with van der Waals surface area (Å²) in [5, 5.41) is 0. The molecule has 0 aliphatic carbocycles. The number of hydrogen-bond acceptors (Lipinski definition) is 4. The molecule has 2 N–H and O–H groups in total. The molecule has 0 amide bonds. The Kier molecular flexibility index (Phi) is 4.23. The summed E-state index contributed by atoms with van der Waals surface area (Å²) in [5.74, 6) is 2.10. The van der Waals surface area contributed by atoms with Crippen LogP contribution in [-0.2, 0) is 11.3 Å². The summed E-state index contributed by atoms with van der Waals surface area (Å²) in [4.78, 5) is 0. The third-order valence-corrected chi connectivity index (χ3v) is 2.99. The van der Waals surface area contributed by atoms with E-state index in [1.165, 1.54) is 0 Å². The van der Waals surface area contributed by atoms with Crippen LogP contribution in [0.3, 0.4) is 0 Å². The molecule has 0 bridgehead atoms. The van der Waals surface area contributed by atoms with Crippen LogP contribution in [-0.4, -0.2) is 26.9 Å². The van der Waals surface area contributed by atoms with E-state index in [9.17, 15) is 0 Å². The summed E-state index contributed by atoms with van der Waals surface area (Å²) in [6.45, 7) is 2.79.